The van der Waals surface area contributed by atoms with Crippen LogP contribution in [0.4, 0.5) is 0 Å². The molecule has 1 aromatic heterocycles. The van der Waals surface area contributed by atoms with Gasteiger partial charge in [-0.2, -0.15) is 4.31 Å². The first-order valence-corrected chi connectivity index (χ1v) is 9.67. The maximum atomic E-state index is 12.8. The molecule has 0 aromatic carbocycles. The summed E-state index contributed by atoms with van der Waals surface area (Å²) in [5.74, 6) is -0.0194. The van der Waals surface area contributed by atoms with E-state index in [2.05, 4.69) is 4.98 Å². The molecule has 0 atom stereocenters. The van der Waals surface area contributed by atoms with Crippen molar-refractivity contribution in [3.63, 3.8) is 0 Å². The predicted molar refractivity (Wildman–Crippen MR) is 86.3 cm³/mol. The van der Waals surface area contributed by atoms with Gasteiger partial charge in [0.25, 0.3) is 5.91 Å². The van der Waals surface area contributed by atoms with Crippen LogP contribution in [0.2, 0.25) is 0 Å². The van der Waals surface area contributed by atoms with Gasteiger partial charge in [0, 0.05) is 44.6 Å². The fraction of sp³-hybridized carbons (Fsp3) is 0.600. The second kappa shape index (κ2) is 6.18. The number of likely N-dealkylation sites (tertiary alicyclic amines) is 1. The fourth-order valence-corrected chi connectivity index (χ4v) is 4.00. The monoisotopic (exact) mass is 338 g/mol. The van der Waals surface area contributed by atoms with Crippen molar-refractivity contribution < 1.29 is 13.2 Å². The molecule has 0 saturated carbocycles. The summed E-state index contributed by atoms with van der Waals surface area (Å²) in [5.41, 5.74) is 8.24. The van der Waals surface area contributed by atoms with E-state index in [1.54, 1.807) is 12.4 Å². The summed E-state index contributed by atoms with van der Waals surface area (Å²) < 4.78 is 24.8. The number of rotatable bonds is 2. The highest BCUT2D eigenvalue weighted by Crippen LogP contribution is 2.24. The molecule has 1 aromatic rings. The molecule has 0 spiro atoms. The Morgan fingerprint density at radius 2 is 1.96 bits per heavy atom. The Labute approximate surface area is 136 Å². The molecule has 0 unspecified atom stereocenters. The Kier molecular flexibility index (Phi) is 4.39. The van der Waals surface area contributed by atoms with E-state index >= 15 is 0 Å². The van der Waals surface area contributed by atoms with E-state index < -0.39 is 10.0 Å². The number of fused-ring (bicyclic) bond motifs is 1. The van der Waals surface area contributed by atoms with Gasteiger partial charge in [-0.25, -0.2) is 8.42 Å². The second-order valence-corrected chi connectivity index (χ2v) is 8.28. The molecule has 2 aliphatic heterocycles. The highest BCUT2D eigenvalue weighted by molar-refractivity contribution is 7.88. The summed E-state index contributed by atoms with van der Waals surface area (Å²) in [4.78, 5) is 18.7. The van der Waals surface area contributed by atoms with Crippen LogP contribution in [-0.2, 0) is 23.0 Å². The maximum Gasteiger partial charge on any atom is 0.255 e. The molecule has 1 amide bonds. The van der Waals surface area contributed by atoms with Gasteiger partial charge in [0.15, 0.2) is 0 Å². The Morgan fingerprint density at radius 1 is 1.26 bits per heavy atom. The van der Waals surface area contributed by atoms with Crippen LogP contribution in [-0.4, -0.2) is 60.4 Å². The molecule has 2 N–H and O–H groups in total. The van der Waals surface area contributed by atoms with Gasteiger partial charge in [0.05, 0.1) is 11.8 Å². The van der Waals surface area contributed by atoms with E-state index in [-0.39, 0.29) is 18.5 Å². The molecule has 1 fully saturated rings. The molecule has 7 nitrogen and oxygen atoms in total. The number of pyridine rings is 1. The lowest BCUT2D eigenvalue weighted by Crippen LogP contribution is -2.43. The van der Waals surface area contributed by atoms with Crippen molar-refractivity contribution in [2.75, 3.05) is 25.9 Å². The number of piperidine rings is 1. The van der Waals surface area contributed by atoms with Crippen LogP contribution in [0.1, 0.15) is 34.3 Å². The number of hydrogen-bond donors (Lipinski definition) is 1. The van der Waals surface area contributed by atoms with Crippen molar-refractivity contribution in [3.05, 3.63) is 29.1 Å². The van der Waals surface area contributed by atoms with Crippen molar-refractivity contribution in [2.45, 2.75) is 31.8 Å². The van der Waals surface area contributed by atoms with Gasteiger partial charge >= 0.3 is 0 Å². The quantitative estimate of drug-likeness (QED) is 0.816. The predicted octanol–water partition coefficient (Wildman–Crippen LogP) is -0.0374. The third kappa shape index (κ3) is 3.39. The average Bonchev–Trinajstić information content (AvgIpc) is 2.53. The van der Waals surface area contributed by atoms with Gasteiger partial charge < -0.3 is 10.6 Å². The first kappa shape index (κ1) is 16.4. The van der Waals surface area contributed by atoms with Crippen LogP contribution in [0.15, 0.2) is 12.4 Å². The van der Waals surface area contributed by atoms with Gasteiger partial charge in [0.1, 0.15) is 0 Å². The van der Waals surface area contributed by atoms with E-state index in [0.717, 1.165) is 24.0 Å². The minimum atomic E-state index is -3.23. The van der Waals surface area contributed by atoms with Gasteiger partial charge in [-0.05, 0) is 30.4 Å². The SMILES string of the molecule is CS(=O)(=O)N1CCc2c(cncc2C(=O)N2CCC(N)CC2)C1. The average molecular weight is 338 g/mol. The zero-order chi connectivity index (χ0) is 16.6. The first-order chi connectivity index (χ1) is 10.9. The van der Waals surface area contributed by atoms with Crippen LogP contribution in [0.3, 0.4) is 0 Å². The Balaban J connectivity index is 1.84. The minimum Gasteiger partial charge on any atom is -0.338 e. The number of nitrogens with zero attached hydrogens (tertiary/aromatic N) is 3. The van der Waals surface area contributed by atoms with E-state index in [4.69, 9.17) is 5.73 Å². The van der Waals surface area contributed by atoms with Crippen LogP contribution in [0.5, 0.6) is 0 Å². The number of carbonyl (C=O) groups excluding carboxylic acids is 1. The summed E-state index contributed by atoms with van der Waals surface area (Å²) in [6.45, 7) is 2.02. The molecule has 2 aliphatic rings. The third-order valence-electron chi connectivity index (χ3n) is 4.63. The molecule has 126 valence electrons. The molecule has 0 aliphatic carbocycles. The van der Waals surface area contributed by atoms with Gasteiger partial charge in [-0.3, -0.25) is 9.78 Å². The van der Waals surface area contributed by atoms with Crippen molar-refractivity contribution in [1.29, 1.82) is 0 Å². The van der Waals surface area contributed by atoms with Crippen LogP contribution < -0.4 is 5.73 Å². The van der Waals surface area contributed by atoms with Gasteiger partial charge in [-0.15, -0.1) is 0 Å². The summed E-state index contributed by atoms with van der Waals surface area (Å²) in [6.07, 6.45) is 6.64. The zero-order valence-electron chi connectivity index (χ0n) is 13.2. The molecule has 3 heterocycles. The topological polar surface area (TPSA) is 96.6 Å². The lowest BCUT2D eigenvalue weighted by molar-refractivity contribution is 0.0712. The number of aromatic nitrogens is 1. The molecular weight excluding hydrogens is 316 g/mol. The summed E-state index contributed by atoms with van der Waals surface area (Å²) in [7, 11) is -3.23. The number of nitrogens with two attached hydrogens (primary N) is 1. The van der Waals surface area contributed by atoms with Crippen molar-refractivity contribution in [1.82, 2.24) is 14.2 Å². The normalized spacial score (nSPS) is 20.3. The Hall–Kier alpha value is -1.51. The molecular formula is C15H22N4O3S. The molecule has 8 heteroatoms. The number of carbonyl (C=O) groups is 1. The van der Waals surface area contributed by atoms with Crippen LogP contribution in [0.25, 0.3) is 0 Å². The van der Waals surface area contributed by atoms with E-state index in [1.807, 2.05) is 4.90 Å². The lowest BCUT2D eigenvalue weighted by Gasteiger charge is -2.32. The first-order valence-electron chi connectivity index (χ1n) is 7.82. The molecule has 0 bridgehead atoms. The van der Waals surface area contributed by atoms with Crippen molar-refractivity contribution >= 4 is 15.9 Å². The lowest BCUT2D eigenvalue weighted by atomic mass is 9.96. The number of hydrogen-bond acceptors (Lipinski definition) is 5. The molecule has 3 rings (SSSR count). The number of amides is 1. The van der Waals surface area contributed by atoms with Gasteiger partial charge in [-0.1, -0.05) is 0 Å². The molecule has 23 heavy (non-hydrogen) atoms. The summed E-state index contributed by atoms with van der Waals surface area (Å²) >= 11 is 0. The highest BCUT2D eigenvalue weighted by Gasteiger charge is 2.29. The maximum absolute atomic E-state index is 12.8. The highest BCUT2D eigenvalue weighted by atomic mass is 32.2. The Morgan fingerprint density at radius 3 is 2.61 bits per heavy atom. The van der Waals surface area contributed by atoms with Crippen LogP contribution >= 0.6 is 0 Å². The van der Waals surface area contributed by atoms with Crippen LogP contribution in [0, 0.1) is 0 Å². The molecule has 1 saturated heterocycles. The zero-order valence-corrected chi connectivity index (χ0v) is 14.1. The fourth-order valence-electron chi connectivity index (χ4n) is 3.21. The second-order valence-electron chi connectivity index (χ2n) is 6.30. The van der Waals surface area contributed by atoms with Crippen molar-refractivity contribution in [2.24, 2.45) is 5.73 Å². The third-order valence-corrected chi connectivity index (χ3v) is 5.88. The Bertz CT molecular complexity index is 711. The standard InChI is InChI=1S/C15H22N4O3S/c1-23(21,22)19-7-4-13-11(10-19)8-17-9-14(13)15(20)18-5-2-12(16)3-6-18/h8-9,12H,2-7,10,16H2,1H3. The van der Waals surface area contributed by atoms with Gasteiger partial charge in [0.2, 0.25) is 10.0 Å². The van der Waals surface area contributed by atoms with E-state index in [9.17, 15) is 13.2 Å². The van der Waals surface area contributed by atoms with Crippen molar-refractivity contribution in [3.8, 4) is 0 Å². The smallest absolute Gasteiger partial charge is 0.255 e. The van der Waals surface area contributed by atoms with E-state index in [1.165, 1.54) is 10.6 Å². The number of sulfonamides is 1. The summed E-state index contributed by atoms with van der Waals surface area (Å²) in [6, 6.07) is 0.171. The van der Waals surface area contributed by atoms with E-state index in [0.29, 0.717) is 31.6 Å². The largest absolute Gasteiger partial charge is 0.338 e. The minimum absolute atomic E-state index is 0.0194. The molecule has 0 radical (unpaired) electrons. The summed E-state index contributed by atoms with van der Waals surface area (Å²) in [5, 5.41) is 0.